The highest BCUT2D eigenvalue weighted by molar-refractivity contribution is 5.85. The first-order valence-corrected chi connectivity index (χ1v) is 12.9. The van der Waals surface area contributed by atoms with E-state index in [-0.39, 0.29) is 23.5 Å². The van der Waals surface area contributed by atoms with Crippen molar-refractivity contribution in [3.63, 3.8) is 0 Å². The van der Waals surface area contributed by atoms with Crippen molar-refractivity contribution in [2.24, 2.45) is 0 Å². The van der Waals surface area contributed by atoms with Crippen LogP contribution < -0.4 is 5.56 Å². The molecule has 0 aliphatic carbocycles. The van der Waals surface area contributed by atoms with E-state index < -0.39 is 0 Å². The minimum atomic E-state index is -0.278. The van der Waals surface area contributed by atoms with Crippen LogP contribution in [0, 0.1) is 19.7 Å². The second-order valence-electron chi connectivity index (χ2n) is 9.92. The second kappa shape index (κ2) is 10.9. The Morgan fingerprint density at radius 1 is 1.16 bits per heavy atom. The SMILES string of the molecule is CCC(c1nnnn1CC1CCCO1)N(Cc1ccc(F)cc1)Cc1cc2c(C)ccc(C)c2[nH]c1=O. The lowest BCUT2D eigenvalue weighted by molar-refractivity contribution is 0.0888. The second-order valence-corrected chi connectivity index (χ2v) is 9.92. The van der Waals surface area contributed by atoms with Crippen LogP contribution in [0.2, 0.25) is 0 Å². The molecule has 9 heteroatoms. The van der Waals surface area contributed by atoms with Gasteiger partial charge in [-0.1, -0.05) is 31.2 Å². The molecule has 1 aliphatic heterocycles. The first-order valence-electron chi connectivity index (χ1n) is 12.9. The lowest BCUT2D eigenvalue weighted by Crippen LogP contribution is -2.33. The van der Waals surface area contributed by atoms with Gasteiger partial charge in [-0.15, -0.1) is 5.10 Å². The maximum Gasteiger partial charge on any atom is 0.252 e. The van der Waals surface area contributed by atoms with Crippen LogP contribution in [0.3, 0.4) is 0 Å². The number of hydrogen-bond acceptors (Lipinski definition) is 6. The average molecular weight is 505 g/mol. The number of nitrogens with one attached hydrogen (secondary N) is 1. The zero-order valence-electron chi connectivity index (χ0n) is 21.6. The van der Waals surface area contributed by atoms with Crippen LogP contribution in [0.4, 0.5) is 4.39 Å². The Labute approximate surface area is 215 Å². The van der Waals surface area contributed by atoms with E-state index in [1.165, 1.54) is 12.1 Å². The van der Waals surface area contributed by atoms with Crippen LogP contribution in [0.5, 0.6) is 0 Å². The minimum absolute atomic E-state index is 0.0971. The molecule has 8 nitrogen and oxygen atoms in total. The summed E-state index contributed by atoms with van der Waals surface area (Å²) in [4.78, 5) is 18.5. The van der Waals surface area contributed by atoms with Crippen molar-refractivity contribution in [2.75, 3.05) is 6.61 Å². The van der Waals surface area contributed by atoms with Gasteiger partial charge in [-0.3, -0.25) is 9.69 Å². The van der Waals surface area contributed by atoms with Gasteiger partial charge in [-0.05, 0) is 78.4 Å². The third kappa shape index (κ3) is 5.47. The van der Waals surface area contributed by atoms with Crippen molar-refractivity contribution in [3.8, 4) is 0 Å². The summed E-state index contributed by atoms with van der Waals surface area (Å²) in [5, 5.41) is 13.7. The molecule has 0 radical (unpaired) electrons. The number of pyridine rings is 1. The van der Waals surface area contributed by atoms with Crippen molar-refractivity contribution in [2.45, 2.75) is 71.8 Å². The molecule has 2 atom stereocenters. The van der Waals surface area contributed by atoms with E-state index in [9.17, 15) is 9.18 Å². The van der Waals surface area contributed by atoms with Crippen molar-refractivity contribution < 1.29 is 9.13 Å². The first-order chi connectivity index (χ1) is 17.9. The van der Waals surface area contributed by atoms with Crippen LogP contribution >= 0.6 is 0 Å². The minimum Gasteiger partial charge on any atom is -0.376 e. The Hall–Kier alpha value is -3.43. The summed E-state index contributed by atoms with van der Waals surface area (Å²) in [6.07, 6.45) is 2.86. The normalized spacial score (nSPS) is 16.6. The summed E-state index contributed by atoms with van der Waals surface area (Å²) in [5.74, 6) is 0.462. The summed E-state index contributed by atoms with van der Waals surface area (Å²) in [7, 11) is 0. The van der Waals surface area contributed by atoms with Gasteiger partial charge in [-0.2, -0.15) is 0 Å². The number of nitrogens with zero attached hydrogens (tertiary/aromatic N) is 5. The predicted molar refractivity (Wildman–Crippen MR) is 140 cm³/mol. The molecule has 194 valence electrons. The summed E-state index contributed by atoms with van der Waals surface area (Å²) in [5.41, 5.74) is 4.51. The van der Waals surface area contributed by atoms with E-state index in [0.29, 0.717) is 25.2 Å². The largest absolute Gasteiger partial charge is 0.376 e. The molecule has 1 saturated heterocycles. The molecule has 1 N–H and O–H groups in total. The van der Waals surface area contributed by atoms with Gasteiger partial charge in [0, 0.05) is 30.6 Å². The Bertz CT molecular complexity index is 1430. The summed E-state index contributed by atoms with van der Waals surface area (Å²) in [6.45, 7) is 8.40. The van der Waals surface area contributed by atoms with E-state index in [0.717, 1.165) is 59.3 Å². The van der Waals surface area contributed by atoms with Crippen LogP contribution in [0.15, 0.2) is 47.3 Å². The van der Waals surface area contributed by atoms with Crippen molar-refractivity contribution in [1.29, 1.82) is 0 Å². The number of hydrogen-bond donors (Lipinski definition) is 1. The summed E-state index contributed by atoms with van der Waals surface area (Å²) in [6, 6.07) is 12.4. The van der Waals surface area contributed by atoms with E-state index in [1.54, 1.807) is 12.1 Å². The van der Waals surface area contributed by atoms with Gasteiger partial charge in [0.15, 0.2) is 5.82 Å². The summed E-state index contributed by atoms with van der Waals surface area (Å²) >= 11 is 0. The van der Waals surface area contributed by atoms with E-state index in [1.807, 2.05) is 30.7 Å². The molecule has 2 unspecified atom stereocenters. The van der Waals surface area contributed by atoms with Gasteiger partial charge < -0.3 is 9.72 Å². The molecule has 3 heterocycles. The lowest BCUT2D eigenvalue weighted by atomic mass is 10.0. The van der Waals surface area contributed by atoms with Crippen LogP contribution in [-0.2, 0) is 24.4 Å². The highest BCUT2D eigenvalue weighted by Crippen LogP contribution is 2.28. The molecule has 37 heavy (non-hydrogen) atoms. The van der Waals surface area contributed by atoms with Gasteiger partial charge in [0.2, 0.25) is 0 Å². The number of halogens is 1. The van der Waals surface area contributed by atoms with Crippen LogP contribution in [-0.4, -0.2) is 42.8 Å². The highest BCUT2D eigenvalue weighted by Gasteiger charge is 2.28. The van der Waals surface area contributed by atoms with Crippen molar-refractivity contribution >= 4 is 10.9 Å². The Balaban J connectivity index is 1.52. The maximum absolute atomic E-state index is 13.6. The van der Waals surface area contributed by atoms with Gasteiger partial charge >= 0.3 is 0 Å². The van der Waals surface area contributed by atoms with E-state index >= 15 is 0 Å². The highest BCUT2D eigenvalue weighted by atomic mass is 19.1. The molecule has 0 amide bonds. The number of tetrazole rings is 1. The monoisotopic (exact) mass is 504 g/mol. The van der Waals surface area contributed by atoms with E-state index in [2.05, 4.69) is 38.4 Å². The molecule has 1 aliphatic rings. The number of fused-ring (bicyclic) bond motifs is 1. The summed E-state index contributed by atoms with van der Waals surface area (Å²) < 4.78 is 21.3. The molecule has 5 rings (SSSR count). The van der Waals surface area contributed by atoms with Gasteiger partial charge in [0.25, 0.3) is 5.56 Å². The fourth-order valence-corrected chi connectivity index (χ4v) is 5.22. The first kappa shape index (κ1) is 25.2. The fraction of sp³-hybridized carbons (Fsp3) is 0.429. The van der Waals surface area contributed by atoms with Crippen molar-refractivity contribution in [1.82, 2.24) is 30.1 Å². The average Bonchev–Trinajstić information content (AvgIpc) is 3.57. The molecule has 1 fully saturated rings. The molecule has 2 aromatic carbocycles. The van der Waals surface area contributed by atoms with Crippen LogP contribution in [0.25, 0.3) is 10.9 Å². The number of benzene rings is 2. The zero-order valence-corrected chi connectivity index (χ0v) is 21.6. The molecule has 4 aromatic rings. The number of H-pyrrole nitrogens is 1. The standard InChI is InChI=1S/C28H33FN6O2/c1-4-25(27-31-32-33-35(27)17-23-6-5-13-37-23)34(15-20-9-11-22(29)12-10-20)16-21-14-24-18(2)7-8-19(3)26(24)30-28(21)36/h7-12,14,23,25H,4-6,13,15-17H2,1-3H3,(H,30,36). The fourth-order valence-electron chi connectivity index (χ4n) is 5.22. The number of rotatable bonds is 9. The topological polar surface area (TPSA) is 88.9 Å². The number of ether oxygens (including phenoxy) is 1. The van der Waals surface area contributed by atoms with Gasteiger partial charge in [0.1, 0.15) is 5.82 Å². The smallest absolute Gasteiger partial charge is 0.252 e. The quantitative estimate of drug-likeness (QED) is 0.358. The number of aromatic nitrogens is 5. The molecule has 0 bridgehead atoms. The number of aromatic amines is 1. The van der Waals surface area contributed by atoms with Gasteiger partial charge in [-0.25, -0.2) is 9.07 Å². The molecule has 0 saturated carbocycles. The van der Waals surface area contributed by atoms with Crippen molar-refractivity contribution in [3.05, 3.63) is 86.7 Å². The Morgan fingerprint density at radius 3 is 2.68 bits per heavy atom. The Kier molecular flexibility index (Phi) is 7.43. The van der Waals surface area contributed by atoms with Gasteiger partial charge in [0.05, 0.1) is 24.2 Å². The predicted octanol–water partition coefficient (Wildman–Crippen LogP) is 4.60. The molecular weight excluding hydrogens is 471 g/mol. The molecular formula is C28H33FN6O2. The lowest BCUT2D eigenvalue weighted by Gasteiger charge is -2.30. The van der Waals surface area contributed by atoms with E-state index in [4.69, 9.17) is 4.74 Å². The molecule has 2 aromatic heterocycles. The maximum atomic E-state index is 13.6. The number of aryl methyl sites for hydroxylation is 2. The third-order valence-electron chi connectivity index (χ3n) is 7.28. The molecule has 0 spiro atoms. The Morgan fingerprint density at radius 2 is 1.95 bits per heavy atom. The third-order valence-corrected chi connectivity index (χ3v) is 7.28. The van der Waals surface area contributed by atoms with Crippen LogP contribution in [0.1, 0.15) is 60.3 Å². The zero-order chi connectivity index (χ0) is 25.9.